The van der Waals surface area contributed by atoms with Crippen LogP contribution in [-0.4, -0.2) is 47.9 Å². The van der Waals surface area contributed by atoms with Crippen molar-refractivity contribution in [2.45, 2.75) is 25.5 Å². The zero-order chi connectivity index (χ0) is 9.84. The minimum atomic E-state index is -0.892. The fraction of sp³-hybridized carbons (Fsp3) is 0.875. The van der Waals surface area contributed by atoms with Crippen molar-refractivity contribution in [2.24, 2.45) is 5.73 Å². The molecule has 0 unspecified atom stereocenters. The number of carboxylic acid groups (broad SMARTS) is 1. The second kappa shape index (κ2) is 4.43. The Bertz CT molecular complexity index is 186. The normalized spacial score (nSPS) is 28.9. The fourth-order valence-electron chi connectivity index (χ4n) is 1.50. The highest BCUT2D eigenvalue weighted by molar-refractivity contribution is 5.65. The van der Waals surface area contributed by atoms with Crippen LogP contribution in [0.2, 0.25) is 0 Å². The first-order valence-electron chi connectivity index (χ1n) is 4.50. The van der Waals surface area contributed by atoms with Crippen LogP contribution in [0.15, 0.2) is 0 Å². The largest absolute Gasteiger partial charge is 0.465 e. The first kappa shape index (κ1) is 10.3. The molecule has 1 aliphatic heterocycles. The van der Waals surface area contributed by atoms with E-state index in [9.17, 15) is 4.79 Å². The third-order valence-electron chi connectivity index (χ3n) is 2.26. The van der Waals surface area contributed by atoms with Crippen LogP contribution < -0.4 is 5.73 Å². The molecule has 1 amide bonds. The third-order valence-corrected chi connectivity index (χ3v) is 2.26. The topological polar surface area (TPSA) is 75.8 Å². The second-order valence-electron chi connectivity index (χ2n) is 3.17. The Labute approximate surface area is 77.5 Å². The zero-order valence-electron chi connectivity index (χ0n) is 7.77. The lowest BCUT2D eigenvalue weighted by Gasteiger charge is -2.34. The van der Waals surface area contributed by atoms with Gasteiger partial charge in [-0.2, -0.15) is 0 Å². The van der Waals surface area contributed by atoms with Gasteiger partial charge in [-0.1, -0.05) is 0 Å². The monoisotopic (exact) mass is 188 g/mol. The summed E-state index contributed by atoms with van der Waals surface area (Å²) < 4.78 is 5.35. The summed E-state index contributed by atoms with van der Waals surface area (Å²) in [4.78, 5) is 12.0. The Morgan fingerprint density at radius 3 is 3.00 bits per heavy atom. The molecule has 0 radical (unpaired) electrons. The molecule has 1 aliphatic rings. The van der Waals surface area contributed by atoms with Gasteiger partial charge >= 0.3 is 6.09 Å². The number of nitrogens with two attached hydrogens (primary N) is 1. The summed E-state index contributed by atoms with van der Waals surface area (Å²) in [6, 6.07) is -0.0319. The van der Waals surface area contributed by atoms with E-state index in [1.54, 1.807) is 0 Å². The van der Waals surface area contributed by atoms with E-state index in [0.717, 1.165) is 0 Å². The Balaban J connectivity index is 2.47. The van der Waals surface area contributed by atoms with Gasteiger partial charge in [0.15, 0.2) is 0 Å². The van der Waals surface area contributed by atoms with Crippen LogP contribution in [0.1, 0.15) is 13.3 Å². The van der Waals surface area contributed by atoms with E-state index in [-0.39, 0.29) is 12.1 Å². The van der Waals surface area contributed by atoms with Gasteiger partial charge in [-0.3, -0.25) is 0 Å². The van der Waals surface area contributed by atoms with Crippen molar-refractivity contribution in [3.8, 4) is 0 Å². The molecule has 0 bridgehead atoms. The number of ether oxygens (including phenoxy) is 1. The molecule has 1 heterocycles. The number of piperidine rings is 1. The summed E-state index contributed by atoms with van der Waals surface area (Å²) in [6.45, 7) is 3.36. The van der Waals surface area contributed by atoms with Gasteiger partial charge in [0, 0.05) is 19.2 Å². The lowest BCUT2D eigenvalue weighted by atomic mass is 10.0. The van der Waals surface area contributed by atoms with Crippen molar-refractivity contribution in [1.29, 1.82) is 0 Å². The number of amides is 1. The van der Waals surface area contributed by atoms with Crippen molar-refractivity contribution in [3.05, 3.63) is 0 Å². The molecule has 5 heteroatoms. The maximum atomic E-state index is 10.6. The molecule has 2 atom stereocenters. The van der Waals surface area contributed by atoms with Crippen molar-refractivity contribution >= 4 is 6.09 Å². The Morgan fingerprint density at radius 1 is 1.77 bits per heavy atom. The van der Waals surface area contributed by atoms with E-state index in [1.807, 2.05) is 6.92 Å². The Kier molecular flexibility index (Phi) is 3.50. The van der Waals surface area contributed by atoms with Crippen LogP contribution in [0.5, 0.6) is 0 Å². The molecule has 5 nitrogen and oxygen atoms in total. The summed E-state index contributed by atoms with van der Waals surface area (Å²) in [5.41, 5.74) is 5.78. The number of nitrogens with zero attached hydrogens (tertiary/aromatic N) is 1. The quantitative estimate of drug-likeness (QED) is 0.644. The predicted molar refractivity (Wildman–Crippen MR) is 47.6 cm³/mol. The summed E-state index contributed by atoms with van der Waals surface area (Å²) in [5, 5.41) is 8.74. The molecule has 3 N–H and O–H groups in total. The fourth-order valence-corrected chi connectivity index (χ4v) is 1.50. The summed E-state index contributed by atoms with van der Waals surface area (Å²) in [5.74, 6) is 0. The molecule has 76 valence electrons. The molecular weight excluding hydrogens is 172 g/mol. The smallest absolute Gasteiger partial charge is 0.407 e. The van der Waals surface area contributed by atoms with Crippen LogP contribution >= 0.6 is 0 Å². The SMILES string of the molecule is CCO[C@@H]1CN(C(=O)O)CC[C@@H]1N. The molecule has 1 rings (SSSR count). The summed E-state index contributed by atoms with van der Waals surface area (Å²) >= 11 is 0. The average Bonchev–Trinajstić information content (AvgIpc) is 2.08. The average molecular weight is 188 g/mol. The van der Waals surface area contributed by atoms with E-state index < -0.39 is 6.09 Å². The Hall–Kier alpha value is -0.810. The molecule has 1 fully saturated rings. The predicted octanol–water partition coefficient (Wildman–Crippen LogP) is 0.103. The first-order chi connectivity index (χ1) is 6.15. The van der Waals surface area contributed by atoms with Gasteiger partial charge in [0.05, 0.1) is 12.6 Å². The highest BCUT2D eigenvalue weighted by Crippen LogP contribution is 2.12. The molecule has 13 heavy (non-hydrogen) atoms. The maximum Gasteiger partial charge on any atom is 0.407 e. The lowest BCUT2D eigenvalue weighted by Crippen LogP contribution is -2.53. The van der Waals surface area contributed by atoms with Gasteiger partial charge in [0.25, 0.3) is 0 Å². The van der Waals surface area contributed by atoms with Crippen molar-refractivity contribution in [3.63, 3.8) is 0 Å². The number of likely N-dealkylation sites (tertiary alicyclic amines) is 1. The minimum Gasteiger partial charge on any atom is -0.465 e. The molecule has 0 aromatic rings. The van der Waals surface area contributed by atoms with Gasteiger partial charge in [-0.25, -0.2) is 4.79 Å². The van der Waals surface area contributed by atoms with Crippen LogP contribution in [-0.2, 0) is 4.74 Å². The zero-order valence-corrected chi connectivity index (χ0v) is 7.77. The maximum absolute atomic E-state index is 10.6. The van der Waals surface area contributed by atoms with E-state index in [4.69, 9.17) is 15.6 Å². The molecular formula is C8H16N2O3. The highest BCUT2D eigenvalue weighted by atomic mass is 16.5. The van der Waals surface area contributed by atoms with Crippen molar-refractivity contribution in [1.82, 2.24) is 4.90 Å². The van der Waals surface area contributed by atoms with E-state index in [0.29, 0.717) is 26.1 Å². The third kappa shape index (κ3) is 2.57. The molecule has 0 aliphatic carbocycles. The van der Waals surface area contributed by atoms with Gasteiger partial charge in [-0.15, -0.1) is 0 Å². The molecule has 1 saturated heterocycles. The Morgan fingerprint density at radius 2 is 2.46 bits per heavy atom. The van der Waals surface area contributed by atoms with Crippen molar-refractivity contribution in [2.75, 3.05) is 19.7 Å². The van der Waals surface area contributed by atoms with E-state index in [1.165, 1.54) is 4.90 Å². The van der Waals surface area contributed by atoms with Gasteiger partial charge < -0.3 is 20.5 Å². The van der Waals surface area contributed by atoms with E-state index >= 15 is 0 Å². The van der Waals surface area contributed by atoms with Gasteiger partial charge in [0.1, 0.15) is 0 Å². The molecule has 0 saturated carbocycles. The molecule has 0 aromatic heterocycles. The minimum absolute atomic E-state index is 0.0319. The van der Waals surface area contributed by atoms with Crippen LogP contribution in [0.25, 0.3) is 0 Å². The van der Waals surface area contributed by atoms with Crippen LogP contribution in [0, 0.1) is 0 Å². The summed E-state index contributed by atoms with van der Waals surface area (Å²) in [6.07, 6.45) is -0.358. The standard InChI is InChI=1S/C8H16N2O3/c1-2-13-7-5-10(8(11)12)4-3-6(7)9/h6-7H,2-5,9H2,1H3,(H,11,12)/t6-,7+/m0/s1. The number of hydrogen-bond donors (Lipinski definition) is 2. The molecule has 0 aromatic carbocycles. The first-order valence-corrected chi connectivity index (χ1v) is 4.50. The number of hydrogen-bond acceptors (Lipinski definition) is 3. The summed E-state index contributed by atoms with van der Waals surface area (Å²) in [7, 11) is 0. The van der Waals surface area contributed by atoms with Crippen molar-refractivity contribution < 1.29 is 14.6 Å². The number of carbonyl (C=O) groups is 1. The van der Waals surface area contributed by atoms with E-state index in [2.05, 4.69) is 0 Å². The highest BCUT2D eigenvalue weighted by Gasteiger charge is 2.29. The van der Waals surface area contributed by atoms with Crippen LogP contribution in [0.3, 0.4) is 0 Å². The van der Waals surface area contributed by atoms with Gasteiger partial charge in [0.2, 0.25) is 0 Å². The van der Waals surface area contributed by atoms with Gasteiger partial charge in [-0.05, 0) is 13.3 Å². The lowest BCUT2D eigenvalue weighted by molar-refractivity contribution is -0.00308. The van der Waals surface area contributed by atoms with Crippen LogP contribution in [0.4, 0.5) is 4.79 Å². The molecule has 0 spiro atoms. The number of rotatable bonds is 2. The second-order valence-corrected chi connectivity index (χ2v) is 3.17.